The van der Waals surface area contributed by atoms with Crippen LogP contribution >= 0.6 is 23.2 Å². The first kappa shape index (κ1) is 21.9. The molecule has 30 heavy (non-hydrogen) atoms. The van der Waals surface area contributed by atoms with Crippen LogP contribution in [0.15, 0.2) is 84.9 Å². The quantitative estimate of drug-likeness (QED) is 0.330. The summed E-state index contributed by atoms with van der Waals surface area (Å²) in [5.41, 5.74) is 2.89. The van der Waals surface area contributed by atoms with Crippen molar-refractivity contribution >= 4 is 35.1 Å². The molecule has 0 saturated heterocycles. The van der Waals surface area contributed by atoms with Crippen LogP contribution in [-0.4, -0.2) is 11.9 Å². The summed E-state index contributed by atoms with van der Waals surface area (Å²) in [7, 11) is 0. The number of hydrogen-bond donors (Lipinski definition) is 0. The zero-order chi connectivity index (χ0) is 21.3. The zero-order valence-corrected chi connectivity index (χ0v) is 17.6. The summed E-state index contributed by atoms with van der Waals surface area (Å²) in [5, 5.41) is -1.73. The van der Waals surface area contributed by atoms with E-state index < -0.39 is 22.7 Å². The Labute approximate surface area is 185 Å². The predicted molar refractivity (Wildman–Crippen MR) is 116 cm³/mol. The Kier molecular flexibility index (Phi) is 7.89. The molecular weight excluding hydrogens is 423 g/mol. The highest BCUT2D eigenvalue weighted by Crippen LogP contribution is 2.23. The SMILES string of the molecule is O=C(OCc1cccc(COC(=O)C(Cl)c2ccccc2)c1)C(Cl)c1ccccc1. The molecule has 3 aromatic rings. The minimum Gasteiger partial charge on any atom is -0.459 e. The van der Waals surface area contributed by atoms with Gasteiger partial charge in [0.2, 0.25) is 0 Å². The molecule has 0 saturated carbocycles. The zero-order valence-electron chi connectivity index (χ0n) is 16.0. The first-order valence-electron chi connectivity index (χ1n) is 9.33. The molecule has 3 rings (SSSR count). The first-order chi connectivity index (χ1) is 14.5. The van der Waals surface area contributed by atoms with E-state index in [1.165, 1.54) is 0 Å². The van der Waals surface area contributed by atoms with Crippen LogP contribution < -0.4 is 0 Å². The van der Waals surface area contributed by atoms with Crippen LogP contribution in [0.3, 0.4) is 0 Å². The summed E-state index contributed by atoms with van der Waals surface area (Å²) in [6, 6.07) is 25.3. The maximum atomic E-state index is 12.2. The summed E-state index contributed by atoms with van der Waals surface area (Å²) < 4.78 is 10.6. The number of rotatable bonds is 8. The van der Waals surface area contributed by atoms with E-state index in [-0.39, 0.29) is 13.2 Å². The van der Waals surface area contributed by atoms with Gasteiger partial charge in [-0.25, -0.2) is 0 Å². The molecule has 3 aromatic carbocycles. The summed E-state index contributed by atoms with van der Waals surface area (Å²) in [5.74, 6) is -1.04. The molecule has 2 atom stereocenters. The Morgan fingerprint density at radius 2 is 1.03 bits per heavy atom. The topological polar surface area (TPSA) is 52.6 Å². The number of hydrogen-bond acceptors (Lipinski definition) is 4. The van der Waals surface area contributed by atoms with E-state index >= 15 is 0 Å². The lowest BCUT2D eigenvalue weighted by molar-refractivity contribution is -0.145. The van der Waals surface area contributed by atoms with Crippen molar-refractivity contribution in [3.8, 4) is 0 Å². The number of benzene rings is 3. The van der Waals surface area contributed by atoms with E-state index in [4.69, 9.17) is 32.7 Å². The lowest BCUT2D eigenvalue weighted by atomic mass is 10.1. The van der Waals surface area contributed by atoms with E-state index in [1.54, 1.807) is 36.4 Å². The lowest BCUT2D eigenvalue weighted by Crippen LogP contribution is -2.12. The Balaban J connectivity index is 1.52. The van der Waals surface area contributed by atoms with Crippen LogP contribution in [0, 0.1) is 0 Å². The number of alkyl halides is 2. The standard InChI is InChI=1S/C24H20Cl2O4/c25-21(19-10-3-1-4-11-19)23(27)29-15-17-8-7-9-18(14-17)16-30-24(28)22(26)20-12-5-2-6-13-20/h1-14,21-22H,15-16H2. The Morgan fingerprint density at radius 3 is 1.43 bits per heavy atom. The highest BCUT2D eigenvalue weighted by atomic mass is 35.5. The van der Waals surface area contributed by atoms with Gasteiger partial charge in [-0.2, -0.15) is 0 Å². The van der Waals surface area contributed by atoms with Crippen LogP contribution in [0.4, 0.5) is 0 Å². The Bertz CT molecular complexity index is 900. The van der Waals surface area contributed by atoms with E-state index in [1.807, 2.05) is 48.5 Å². The van der Waals surface area contributed by atoms with Crippen molar-refractivity contribution in [1.29, 1.82) is 0 Å². The Hall–Kier alpha value is -2.82. The van der Waals surface area contributed by atoms with Gasteiger partial charge >= 0.3 is 11.9 Å². The molecule has 0 N–H and O–H groups in total. The number of halogens is 2. The van der Waals surface area contributed by atoms with Crippen LogP contribution in [0.25, 0.3) is 0 Å². The van der Waals surface area contributed by atoms with Gasteiger partial charge in [0.1, 0.15) is 13.2 Å². The molecule has 0 amide bonds. The molecule has 0 fully saturated rings. The average Bonchev–Trinajstić information content (AvgIpc) is 2.81. The fourth-order valence-corrected chi connectivity index (χ4v) is 3.20. The van der Waals surface area contributed by atoms with Crippen molar-refractivity contribution in [1.82, 2.24) is 0 Å². The van der Waals surface area contributed by atoms with Crippen LogP contribution in [-0.2, 0) is 32.3 Å². The third-order valence-corrected chi connectivity index (χ3v) is 5.21. The van der Waals surface area contributed by atoms with Crippen LogP contribution in [0.5, 0.6) is 0 Å². The molecule has 2 unspecified atom stereocenters. The molecule has 154 valence electrons. The fourth-order valence-electron chi connectivity index (χ4n) is 2.78. The molecule has 0 aliphatic heterocycles. The second-order valence-corrected chi connectivity index (χ2v) is 7.45. The molecule has 0 aliphatic carbocycles. The monoisotopic (exact) mass is 442 g/mol. The first-order valence-corrected chi connectivity index (χ1v) is 10.2. The van der Waals surface area contributed by atoms with Crippen molar-refractivity contribution in [3.05, 3.63) is 107 Å². The van der Waals surface area contributed by atoms with Gasteiger partial charge in [0.25, 0.3) is 0 Å². The van der Waals surface area contributed by atoms with Crippen molar-refractivity contribution in [2.24, 2.45) is 0 Å². The molecule has 0 spiro atoms. The summed E-state index contributed by atoms with van der Waals surface area (Å²) in [6.07, 6.45) is 0. The van der Waals surface area contributed by atoms with Gasteiger partial charge in [-0.1, -0.05) is 78.9 Å². The summed E-state index contributed by atoms with van der Waals surface area (Å²) in [6.45, 7) is 0.137. The third-order valence-electron chi connectivity index (χ3n) is 4.35. The van der Waals surface area contributed by atoms with E-state index in [9.17, 15) is 9.59 Å². The highest BCUT2D eigenvalue weighted by Gasteiger charge is 2.20. The van der Waals surface area contributed by atoms with Crippen LogP contribution in [0.1, 0.15) is 33.0 Å². The van der Waals surface area contributed by atoms with E-state index in [2.05, 4.69) is 0 Å². The minimum absolute atomic E-state index is 0.0683. The van der Waals surface area contributed by atoms with E-state index in [0.717, 1.165) is 11.1 Å². The van der Waals surface area contributed by atoms with Crippen LogP contribution in [0.2, 0.25) is 0 Å². The molecule has 0 bridgehead atoms. The fraction of sp³-hybridized carbons (Fsp3) is 0.167. The second-order valence-electron chi connectivity index (χ2n) is 6.58. The van der Waals surface area contributed by atoms with Crippen molar-refractivity contribution in [2.45, 2.75) is 24.0 Å². The smallest absolute Gasteiger partial charge is 0.328 e. The summed E-state index contributed by atoms with van der Waals surface area (Å²) >= 11 is 12.3. The summed E-state index contributed by atoms with van der Waals surface area (Å²) in [4.78, 5) is 24.4. The number of carbonyl (C=O) groups excluding carboxylic acids is 2. The lowest BCUT2D eigenvalue weighted by Gasteiger charge is -2.12. The van der Waals surface area contributed by atoms with Gasteiger partial charge in [-0.15, -0.1) is 23.2 Å². The van der Waals surface area contributed by atoms with Gasteiger partial charge in [0.05, 0.1) is 0 Å². The van der Waals surface area contributed by atoms with Gasteiger partial charge < -0.3 is 9.47 Å². The van der Waals surface area contributed by atoms with E-state index in [0.29, 0.717) is 11.1 Å². The third kappa shape index (κ3) is 6.09. The van der Waals surface area contributed by atoms with Gasteiger partial charge in [-0.3, -0.25) is 9.59 Å². The van der Waals surface area contributed by atoms with Crippen molar-refractivity contribution in [3.63, 3.8) is 0 Å². The molecule has 6 heteroatoms. The van der Waals surface area contributed by atoms with Gasteiger partial charge in [0.15, 0.2) is 10.8 Å². The number of esters is 2. The molecule has 4 nitrogen and oxygen atoms in total. The van der Waals surface area contributed by atoms with Gasteiger partial charge in [0, 0.05) is 0 Å². The molecular formula is C24H20Cl2O4. The molecule has 0 radical (unpaired) electrons. The minimum atomic E-state index is -0.867. The molecule has 0 aromatic heterocycles. The Morgan fingerprint density at radius 1 is 0.633 bits per heavy atom. The maximum Gasteiger partial charge on any atom is 0.328 e. The van der Waals surface area contributed by atoms with Crippen molar-refractivity contribution in [2.75, 3.05) is 0 Å². The maximum absolute atomic E-state index is 12.2. The number of ether oxygens (including phenoxy) is 2. The molecule has 0 aliphatic rings. The second kappa shape index (κ2) is 10.8. The highest BCUT2D eigenvalue weighted by molar-refractivity contribution is 6.30. The average molecular weight is 443 g/mol. The normalized spacial score (nSPS) is 12.6. The predicted octanol–water partition coefficient (Wildman–Crippen LogP) is 5.73. The van der Waals surface area contributed by atoms with Crippen molar-refractivity contribution < 1.29 is 19.1 Å². The number of carbonyl (C=O) groups is 2. The molecule has 0 heterocycles. The van der Waals surface area contributed by atoms with Gasteiger partial charge in [-0.05, 0) is 28.3 Å². The largest absolute Gasteiger partial charge is 0.459 e.